The molecule has 2 heterocycles. The van der Waals surface area contributed by atoms with E-state index in [-0.39, 0.29) is 29.8 Å². The lowest BCUT2D eigenvalue weighted by atomic mass is 9.79. The maximum absolute atomic E-state index is 12.7. The van der Waals surface area contributed by atoms with Crippen LogP contribution in [0.15, 0.2) is 30.5 Å². The van der Waals surface area contributed by atoms with Crippen LogP contribution in [-0.4, -0.2) is 34.4 Å². The van der Waals surface area contributed by atoms with Gasteiger partial charge in [0.2, 0.25) is 11.9 Å². The number of carbonyl (C=O) groups is 2. The Bertz CT molecular complexity index is 972. The van der Waals surface area contributed by atoms with E-state index in [0.29, 0.717) is 24.0 Å². The second-order valence-electron chi connectivity index (χ2n) is 8.35. The van der Waals surface area contributed by atoms with Gasteiger partial charge in [0.25, 0.3) is 5.91 Å². The molecule has 7 nitrogen and oxygen atoms in total. The Balaban J connectivity index is 1.81. The van der Waals surface area contributed by atoms with Crippen molar-refractivity contribution in [2.45, 2.75) is 52.6 Å². The molecule has 3 atom stereocenters. The lowest BCUT2D eigenvalue weighted by molar-refractivity contribution is -0.117. The largest absolute Gasteiger partial charge is 0.352 e. The standard InChI is InChI=1S/C23H29N5O2/c1-5-24-22(30)17-8-9-19-18(12-17)20(27-23-25-11-10-13(2)26-23)14(3)21(16-6-7-16)28(19)15(4)29/h8-12,14,16,20-21H,5-7H2,1-4H3,(H,24,30)(H,25,26,27). The fraction of sp³-hybridized carbons (Fsp3) is 0.478. The summed E-state index contributed by atoms with van der Waals surface area (Å²) in [6.45, 7) is 8.20. The monoisotopic (exact) mass is 407 g/mol. The van der Waals surface area contributed by atoms with E-state index in [9.17, 15) is 9.59 Å². The van der Waals surface area contributed by atoms with Crippen molar-refractivity contribution in [1.29, 1.82) is 0 Å². The van der Waals surface area contributed by atoms with Crippen LogP contribution in [-0.2, 0) is 4.79 Å². The molecule has 2 aliphatic rings. The van der Waals surface area contributed by atoms with Crippen molar-refractivity contribution in [3.8, 4) is 0 Å². The zero-order valence-corrected chi connectivity index (χ0v) is 18.0. The molecule has 1 saturated carbocycles. The Morgan fingerprint density at radius 3 is 2.63 bits per heavy atom. The Hall–Kier alpha value is -2.96. The van der Waals surface area contributed by atoms with E-state index >= 15 is 0 Å². The smallest absolute Gasteiger partial charge is 0.251 e. The second-order valence-corrected chi connectivity index (χ2v) is 8.35. The zero-order valence-electron chi connectivity index (χ0n) is 18.0. The van der Waals surface area contributed by atoms with Crippen molar-refractivity contribution in [3.05, 3.63) is 47.3 Å². The van der Waals surface area contributed by atoms with Gasteiger partial charge in [-0.3, -0.25) is 9.59 Å². The highest BCUT2D eigenvalue weighted by atomic mass is 16.2. The predicted octanol–water partition coefficient (Wildman–Crippen LogP) is 3.47. The second kappa shape index (κ2) is 8.05. The molecule has 1 fully saturated rings. The van der Waals surface area contributed by atoms with Crippen LogP contribution in [0.25, 0.3) is 0 Å². The molecule has 1 aromatic carbocycles. The fourth-order valence-corrected chi connectivity index (χ4v) is 4.63. The van der Waals surface area contributed by atoms with Gasteiger partial charge in [-0.05, 0) is 62.4 Å². The average Bonchev–Trinajstić information content (AvgIpc) is 3.54. The van der Waals surface area contributed by atoms with E-state index in [4.69, 9.17) is 0 Å². The number of benzene rings is 1. The molecule has 1 aromatic heterocycles. The van der Waals surface area contributed by atoms with Gasteiger partial charge < -0.3 is 15.5 Å². The molecule has 2 amide bonds. The lowest BCUT2D eigenvalue weighted by Gasteiger charge is -2.45. The molecule has 30 heavy (non-hydrogen) atoms. The molecule has 4 rings (SSSR count). The maximum atomic E-state index is 12.7. The predicted molar refractivity (Wildman–Crippen MR) is 116 cm³/mol. The molecule has 0 bridgehead atoms. The highest BCUT2D eigenvalue weighted by Gasteiger charge is 2.47. The number of carbonyl (C=O) groups excluding carboxylic acids is 2. The van der Waals surface area contributed by atoms with E-state index in [2.05, 4.69) is 27.5 Å². The third-order valence-corrected chi connectivity index (χ3v) is 6.11. The number of hydrogen-bond donors (Lipinski definition) is 2. The first kappa shape index (κ1) is 20.3. The summed E-state index contributed by atoms with van der Waals surface area (Å²) in [5.41, 5.74) is 3.28. The van der Waals surface area contributed by atoms with Crippen molar-refractivity contribution in [1.82, 2.24) is 15.3 Å². The van der Waals surface area contributed by atoms with E-state index in [1.54, 1.807) is 19.2 Å². The van der Waals surface area contributed by atoms with E-state index in [0.717, 1.165) is 29.8 Å². The van der Waals surface area contributed by atoms with Gasteiger partial charge in [0.15, 0.2) is 0 Å². The minimum atomic E-state index is -0.114. The quantitative estimate of drug-likeness (QED) is 0.792. The molecule has 2 N–H and O–H groups in total. The van der Waals surface area contributed by atoms with Crippen LogP contribution >= 0.6 is 0 Å². The van der Waals surface area contributed by atoms with Crippen molar-refractivity contribution in [3.63, 3.8) is 0 Å². The minimum absolute atomic E-state index is 0.0380. The molecular weight excluding hydrogens is 378 g/mol. The minimum Gasteiger partial charge on any atom is -0.352 e. The Morgan fingerprint density at radius 2 is 2.00 bits per heavy atom. The molecule has 0 spiro atoms. The third kappa shape index (κ3) is 3.76. The van der Waals surface area contributed by atoms with E-state index in [1.165, 1.54) is 0 Å². The van der Waals surface area contributed by atoms with Crippen molar-refractivity contribution < 1.29 is 9.59 Å². The summed E-state index contributed by atoms with van der Waals surface area (Å²) in [5.74, 6) is 1.13. The van der Waals surface area contributed by atoms with E-state index < -0.39 is 0 Å². The summed E-state index contributed by atoms with van der Waals surface area (Å²) in [5, 5.41) is 6.36. The number of hydrogen-bond acceptors (Lipinski definition) is 5. The van der Waals surface area contributed by atoms with Gasteiger partial charge in [-0.15, -0.1) is 0 Å². The molecule has 7 heteroatoms. The first-order chi connectivity index (χ1) is 14.4. The lowest BCUT2D eigenvalue weighted by Crippen LogP contribution is -2.51. The van der Waals surface area contributed by atoms with Crippen LogP contribution in [0.4, 0.5) is 11.6 Å². The van der Waals surface area contributed by atoms with Gasteiger partial charge in [0.1, 0.15) is 0 Å². The van der Waals surface area contributed by atoms with Crippen molar-refractivity contribution in [2.75, 3.05) is 16.8 Å². The molecule has 0 radical (unpaired) electrons. The molecular formula is C23H29N5O2. The van der Waals surface area contributed by atoms with Crippen LogP contribution < -0.4 is 15.5 Å². The first-order valence-corrected chi connectivity index (χ1v) is 10.7. The third-order valence-electron chi connectivity index (χ3n) is 6.11. The van der Waals surface area contributed by atoms with Gasteiger partial charge in [0, 0.05) is 48.6 Å². The number of nitrogens with one attached hydrogen (secondary N) is 2. The molecule has 2 aromatic rings. The summed E-state index contributed by atoms with van der Waals surface area (Å²) in [6.07, 6.45) is 4.02. The van der Waals surface area contributed by atoms with E-state index in [1.807, 2.05) is 36.9 Å². The number of amides is 2. The van der Waals surface area contributed by atoms with Gasteiger partial charge in [0.05, 0.1) is 6.04 Å². The van der Waals surface area contributed by atoms with Crippen molar-refractivity contribution >= 4 is 23.5 Å². The highest BCUT2D eigenvalue weighted by Crippen LogP contribution is 2.50. The fourth-order valence-electron chi connectivity index (χ4n) is 4.63. The van der Waals surface area contributed by atoms with Gasteiger partial charge in [-0.1, -0.05) is 6.92 Å². The van der Waals surface area contributed by atoms with Crippen LogP contribution in [0.3, 0.4) is 0 Å². The Kier molecular flexibility index (Phi) is 5.45. The topological polar surface area (TPSA) is 87.2 Å². The molecule has 3 unspecified atom stereocenters. The molecule has 158 valence electrons. The number of fused-ring (bicyclic) bond motifs is 1. The summed E-state index contributed by atoms with van der Waals surface area (Å²) < 4.78 is 0. The van der Waals surface area contributed by atoms with Crippen molar-refractivity contribution in [2.24, 2.45) is 11.8 Å². The maximum Gasteiger partial charge on any atom is 0.251 e. The molecule has 0 saturated heterocycles. The Morgan fingerprint density at radius 1 is 1.23 bits per heavy atom. The van der Waals surface area contributed by atoms with Crippen LogP contribution in [0.5, 0.6) is 0 Å². The van der Waals surface area contributed by atoms with Gasteiger partial charge >= 0.3 is 0 Å². The van der Waals surface area contributed by atoms with Gasteiger partial charge in [-0.2, -0.15) is 0 Å². The number of anilines is 2. The van der Waals surface area contributed by atoms with Gasteiger partial charge in [-0.25, -0.2) is 9.97 Å². The average molecular weight is 408 g/mol. The van der Waals surface area contributed by atoms with Crippen LogP contribution in [0, 0.1) is 18.8 Å². The summed E-state index contributed by atoms with van der Waals surface area (Å²) in [4.78, 5) is 36.0. The van der Waals surface area contributed by atoms with Crippen LogP contribution in [0.1, 0.15) is 61.3 Å². The number of rotatable bonds is 5. The summed E-state index contributed by atoms with van der Waals surface area (Å²) in [7, 11) is 0. The van der Waals surface area contributed by atoms with Crippen LogP contribution in [0.2, 0.25) is 0 Å². The summed E-state index contributed by atoms with van der Waals surface area (Å²) >= 11 is 0. The number of nitrogens with zero attached hydrogens (tertiary/aromatic N) is 3. The summed E-state index contributed by atoms with van der Waals surface area (Å²) in [6, 6.07) is 7.50. The normalized spacial score (nSPS) is 22.9. The SMILES string of the molecule is CCNC(=O)c1ccc2c(c1)C(Nc1nccc(C)n1)C(C)C(C1CC1)N2C(C)=O. The zero-order chi connectivity index (χ0) is 21.4. The molecule has 1 aliphatic heterocycles. The number of aromatic nitrogens is 2. The highest BCUT2D eigenvalue weighted by molar-refractivity contribution is 5.98. The molecule has 1 aliphatic carbocycles. The Labute approximate surface area is 177 Å². The first-order valence-electron chi connectivity index (χ1n) is 10.7. The number of aryl methyl sites for hydroxylation is 1.